The number of hydrogen-bond donors (Lipinski definition) is 1. The van der Waals surface area contributed by atoms with E-state index in [0.717, 1.165) is 42.9 Å². The predicted molar refractivity (Wildman–Crippen MR) is 146 cm³/mol. The van der Waals surface area contributed by atoms with Gasteiger partial charge >= 0.3 is 0 Å². The zero-order chi connectivity index (χ0) is 26.4. The van der Waals surface area contributed by atoms with Crippen LogP contribution in [0.25, 0.3) is 0 Å². The van der Waals surface area contributed by atoms with Crippen molar-refractivity contribution in [3.8, 4) is 5.75 Å². The molecule has 0 radical (unpaired) electrons. The first-order valence-electron chi connectivity index (χ1n) is 12.8. The Kier molecular flexibility index (Phi) is 8.48. The largest absolute Gasteiger partial charge is 0.490 e. The maximum Gasteiger partial charge on any atom is 0.251 e. The first kappa shape index (κ1) is 26.7. The van der Waals surface area contributed by atoms with Gasteiger partial charge in [0.15, 0.2) is 9.84 Å². The molecule has 0 saturated heterocycles. The molecule has 1 aliphatic heterocycles. The minimum Gasteiger partial charge on any atom is -0.490 e. The molecule has 0 unspecified atom stereocenters. The average Bonchev–Trinajstić information content (AvgIpc) is 2.90. The van der Waals surface area contributed by atoms with Crippen LogP contribution in [0.5, 0.6) is 5.75 Å². The maximum absolute atomic E-state index is 12.6. The Morgan fingerprint density at radius 2 is 1.84 bits per heavy atom. The van der Waals surface area contributed by atoms with Crippen LogP contribution in [0.15, 0.2) is 65.7 Å². The van der Waals surface area contributed by atoms with Crippen LogP contribution in [0.2, 0.25) is 0 Å². The second kappa shape index (κ2) is 11.8. The Labute approximate surface area is 219 Å². The molecule has 37 heavy (non-hydrogen) atoms. The van der Waals surface area contributed by atoms with Gasteiger partial charge < -0.3 is 15.0 Å². The number of anilines is 1. The summed E-state index contributed by atoms with van der Waals surface area (Å²) in [5.41, 5.74) is 4.83. The van der Waals surface area contributed by atoms with Crippen LogP contribution in [-0.2, 0) is 29.2 Å². The van der Waals surface area contributed by atoms with Gasteiger partial charge in [-0.05, 0) is 66.3 Å². The van der Waals surface area contributed by atoms with Crippen molar-refractivity contribution in [2.75, 3.05) is 30.3 Å². The van der Waals surface area contributed by atoms with E-state index < -0.39 is 9.84 Å². The van der Waals surface area contributed by atoms with Crippen LogP contribution in [-0.4, -0.2) is 44.8 Å². The van der Waals surface area contributed by atoms with Gasteiger partial charge in [0.05, 0.1) is 35.1 Å². The van der Waals surface area contributed by atoms with Crippen molar-refractivity contribution in [3.63, 3.8) is 0 Å². The van der Waals surface area contributed by atoms with E-state index >= 15 is 0 Å². The molecule has 4 rings (SSSR count). The summed E-state index contributed by atoms with van der Waals surface area (Å²) in [7, 11) is -3.29. The minimum atomic E-state index is -3.29. The molecule has 2 heterocycles. The summed E-state index contributed by atoms with van der Waals surface area (Å²) < 4.78 is 29.7. The Morgan fingerprint density at radius 3 is 2.51 bits per heavy atom. The fraction of sp³-hybridized carbons (Fsp3) is 0.379. The number of aromatic nitrogens is 1. The highest BCUT2D eigenvalue weighted by Crippen LogP contribution is 2.33. The fourth-order valence-corrected chi connectivity index (χ4v) is 5.20. The number of fused-ring (bicyclic) bond motifs is 1. The number of nitrogens with one attached hydrogen (secondary N) is 1. The van der Waals surface area contributed by atoms with Crippen molar-refractivity contribution < 1.29 is 17.9 Å². The number of amides is 1. The predicted octanol–water partition coefficient (Wildman–Crippen LogP) is 4.45. The minimum absolute atomic E-state index is 0.0275. The van der Waals surface area contributed by atoms with Gasteiger partial charge in [-0.1, -0.05) is 39.0 Å². The van der Waals surface area contributed by atoms with Crippen molar-refractivity contribution in [1.82, 2.24) is 10.3 Å². The number of ether oxygens (including phenoxy) is 1. The molecule has 2 aromatic carbocycles. The smallest absolute Gasteiger partial charge is 0.251 e. The molecule has 8 heteroatoms. The Balaban J connectivity index is 1.31. The van der Waals surface area contributed by atoms with E-state index in [1.807, 2.05) is 24.3 Å². The Morgan fingerprint density at radius 1 is 1.08 bits per heavy atom. The standard InChI is InChI=1S/C29H35N3O4S/c1-4-37(34,35)26-11-10-25(30-20-26)19-31-29(33)24-8-5-22(6-9-24)13-14-32-15-16-36-28-12-7-23(17-21(2)3)18-27(28)32/h5-12,18,20-21H,4,13-17,19H2,1-3H3,(H,31,33). The molecule has 0 atom stereocenters. The highest BCUT2D eigenvalue weighted by Gasteiger charge is 2.19. The third kappa shape index (κ3) is 6.89. The molecule has 196 valence electrons. The molecule has 1 aromatic heterocycles. The van der Waals surface area contributed by atoms with E-state index in [-0.39, 0.29) is 23.1 Å². The first-order chi connectivity index (χ1) is 17.7. The summed E-state index contributed by atoms with van der Waals surface area (Å²) in [6, 6.07) is 17.3. The van der Waals surface area contributed by atoms with Crippen molar-refractivity contribution >= 4 is 21.4 Å². The lowest BCUT2D eigenvalue weighted by atomic mass is 10.0. The lowest BCUT2D eigenvalue weighted by molar-refractivity contribution is 0.0950. The molecule has 1 amide bonds. The van der Waals surface area contributed by atoms with E-state index in [9.17, 15) is 13.2 Å². The molecule has 0 fully saturated rings. The molecule has 0 spiro atoms. The number of sulfone groups is 1. The number of pyridine rings is 1. The normalized spacial score (nSPS) is 13.2. The van der Waals surface area contributed by atoms with Crippen LogP contribution < -0.4 is 15.0 Å². The summed E-state index contributed by atoms with van der Waals surface area (Å²) in [4.78, 5) is 19.3. The number of carbonyl (C=O) groups excluding carboxylic acids is 1. The summed E-state index contributed by atoms with van der Waals surface area (Å²) in [5.74, 6) is 1.38. The third-order valence-electron chi connectivity index (χ3n) is 6.48. The number of benzene rings is 2. The zero-order valence-electron chi connectivity index (χ0n) is 21.7. The highest BCUT2D eigenvalue weighted by molar-refractivity contribution is 7.91. The van der Waals surface area contributed by atoms with E-state index in [1.54, 1.807) is 13.0 Å². The summed E-state index contributed by atoms with van der Waals surface area (Å²) in [5, 5.41) is 2.85. The van der Waals surface area contributed by atoms with Gasteiger partial charge in [0.2, 0.25) is 0 Å². The average molecular weight is 522 g/mol. The van der Waals surface area contributed by atoms with Gasteiger partial charge in [-0.25, -0.2) is 8.42 Å². The van der Waals surface area contributed by atoms with E-state index in [1.165, 1.54) is 17.8 Å². The SMILES string of the molecule is CCS(=O)(=O)c1ccc(CNC(=O)c2ccc(CCN3CCOc4ccc(CC(C)C)cc43)cc2)nc1. The van der Waals surface area contributed by atoms with Crippen LogP contribution in [0.4, 0.5) is 5.69 Å². The number of nitrogens with zero attached hydrogens (tertiary/aromatic N) is 2. The maximum atomic E-state index is 12.6. The summed E-state index contributed by atoms with van der Waals surface area (Å²) in [6.07, 6.45) is 3.26. The highest BCUT2D eigenvalue weighted by atomic mass is 32.2. The molecular weight excluding hydrogens is 486 g/mol. The Hall–Kier alpha value is -3.39. The number of hydrogen-bond acceptors (Lipinski definition) is 6. The molecular formula is C29H35N3O4S. The molecule has 3 aromatic rings. The monoisotopic (exact) mass is 521 g/mol. The Bertz CT molecular complexity index is 1320. The fourth-order valence-electron chi connectivity index (χ4n) is 4.37. The van der Waals surface area contributed by atoms with Gasteiger partial charge in [0.1, 0.15) is 12.4 Å². The second-order valence-electron chi connectivity index (χ2n) is 9.75. The van der Waals surface area contributed by atoms with E-state index in [4.69, 9.17) is 4.74 Å². The molecule has 0 saturated carbocycles. The van der Waals surface area contributed by atoms with Crippen LogP contribution >= 0.6 is 0 Å². The summed E-state index contributed by atoms with van der Waals surface area (Å²) >= 11 is 0. The van der Waals surface area contributed by atoms with Crippen LogP contribution in [0, 0.1) is 5.92 Å². The molecule has 0 bridgehead atoms. The second-order valence-corrected chi connectivity index (χ2v) is 12.0. The summed E-state index contributed by atoms with van der Waals surface area (Å²) in [6.45, 7) is 8.70. The van der Waals surface area contributed by atoms with Crippen molar-refractivity contribution in [2.24, 2.45) is 5.92 Å². The van der Waals surface area contributed by atoms with Crippen molar-refractivity contribution in [3.05, 3.63) is 83.2 Å². The lowest BCUT2D eigenvalue weighted by Gasteiger charge is -2.32. The van der Waals surface area contributed by atoms with Crippen LogP contribution in [0.1, 0.15) is 48.0 Å². The lowest BCUT2D eigenvalue weighted by Crippen LogP contribution is -2.34. The van der Waals surface area contributed by atoms with Gasteiger partial charge in [-0.3, -0.25) is 9.78 Å². The van der Waals surface area contributed by atoms with E-state index in [2.05, 4.69) is 47.2 Å². The van der Waals surface area contributed by atoms with Crippen molar-refractivity contribution in [1.29, 1.82) is 0 Å². The zero-order valence-corrected chi connectivity index (χ0v) is 22.6. The van der Waals surface area contributed by atoms with Gasteiger partial charge in [-0.15, -0.1) is 0 Å². The number of rotatable bonds is 10. The molecule has 0 aliphatic carbocycles. The van der Waals surface area contributed by atoms with Gasteiger partial charge in [-0.2, -0.15) is 0 Å². The van der Waals surface area contributed by atoms with E-state index in [0.29, 0.717) is 23.8 Å². The molecule has 1 N–H and O–H groups in total. The topological polar surface area (TPSA) is 88.6 Å². The van der Waals surface area contributed by atoms with Crippen LogP contribution in [0.3, 0.4) is 0 Å². The third-order valence-corrected chi connectivity index (χ3v) is 8.20. The van der Waals surface area contributed by atoms with Gasteiger partial charge in [0.25, 0.3) is 5.91 Å². The quantitative estimate of drug-likeness (QED) is 0.424. The van der Waals surface area contributed by atoms with Crippen molar-refractivity contribution in [2.45, 2.75) is 45.1 Å². The molecule has 7 nitrogen and oxygen atoms in total. The molecule has 1 aliphatic rings. The first-order valence-corrected chi connectivity index (χ1v) is 14.5. The van der Waals surface area contributed by atoms with Gasteiger partial charge in [0, 0.05) is 18.3 Å². The number of carbonyl (C=O) groups is 1.